The summed E-state index contributed by atoms with van der Waals surface area (Å²) < 4.78 is 3.79. The maximum absolute atomic E-state index is 13.8. The molecule has 0 aromatic carbocycles. The largest absolute Gasteiger partial charge is 0.352 e. The van der Waals surface area contributed by atoms with Gasteiger partial charge in [-0.25, -0.2) is 15.0 Å². The molecule has 0 saturated carbocycles. The first kappa shape index (κ1) is 20.8. The molecule has 1 saturated heterocycles. The van der Waals surface area contributed by atoms with E-state index in [2.05, 4.69) is 33.0 Å². The molecule has 1 aliphatic rings. The Morgan fingerprint density at radius 1 is 1.06 bits per heavy atom. The van der Waals surface area contributed by atoms with E-state index >= 15 is 0 Å². The van der Waals surface area contributed by atoms with Crippen molar-refractivity contribution < 1.29 is 4.79 Å². The summed E-state index contributed by atoms with van der Waals surface area (Å²) in [6, 6.07) is 6.04. The summed E-state index contributed by atoms with van der Waals surface area (Å²) >= 11 is 1.49. The van der Waals surface area contributed by atoms with E-state index in [1.807, 2.05) is 48.0 Å². The molecule has 1 aliphatic heterocycles. The van der Waals surface area contributed by atoms with Crippen LogP contribution >= 0.6 is 11.3 Å². The average Bonchev–Trinajstić information content (AvgIpc) is 3.57. The second kappa shape index (κ2) is 7.91. The molecule has 0 atom stereocenters. The second-order valence-electron chi connectivity index (χ2n) is 8.61. The maximum Gasteiger partial charge on any atom is 0.266 e. The molecule has 5 aromatic heterocycles. The molecule has 0 radical (unpaired) electrons. The Morgan fingerprint density at radius 3 is 2.59 bits per heavy atom. The number of aromatic nitrogens is 6. The number of amides is 1. The van der Waals surface area contributed by atoms with Gasteiger partial charge in [-0.3, -0.25) is 9.48 Å². The van der Waals surface area contributed by atoms with Gasteiger partial charge in [0.05, 0.1) is 17.3 Å². The number of aryl methyl sites for hydroxylation is 3. The van der Waals surface area contributed by atoms with Gasteiger partial charge in [0.15, 0.2) is 5.65 Å². The van der Waals surface area contributed by atoms with E-state index in [0.717, 1.165) is 48.9 Å². The minimum absolute atomic E-state index is 0.0533. The lowest BCUT2D eigenvalue weighted by molar-refractivity contribution is 0.0751. The quantitative estimate of drug-likeness (QED) is 0.400. The zero-order chi connectivity index (χ0) is 23.4. The Labute approximate surface area is 200 Å². The number of thiophene rings is 1. The van der Waals surface area contributed by atoms with Crippen molar-refractivity contribution in [2.75, 3.05) is 31.1 Å². The molecule has 172 valence electrons. The highest BCUT2D eigenvalue weighted by atomic mass is 32.1. The molecule has 0 unspecified atom stereocenters. The van der Waals surface area contributed by atoms with Gasteiger partial charge in [0, 0.05) is 56.7 Å². The first-order chi connectivity index (χ1) is 16.5. The Morgan fingerprint density at radius 2 is 1.82 bits per heavy atom. The molecular formula is C24H24N8OS. The molecule has 9 nitrogen and oxygen atoms in total. The normalized spacial score (nSPS) is 14.4. The van der Waals surface area contributed by atoms with Crippen LogP contribution in [0.2, 0.25) is 0 Å². The molecule has 34 heavy (non-hydrogen) atoms. The van der Waals surface area contributed by atoms with Crippen LogP contribution in [0.4, 0.5) is 5.82 Å². The first-order valence-electron chi connectivity index (χ1n) is 11.2. The van der Waals surface area contributed by atoms with Crippen molar-refractivity contribution >= 4 is 44.3 Å². The lowest BCUT2D eigenvalue weighted by Gasteiger charge is -2.35. The molecule has 1 amide bonds. The summed E-state index contributed by atoms with van der Waals surface area (Å²) in [5.41, 5.74) is 3.83. The van der Waals surface area contributed by atoms with Crippen molar-refractivity contribution in [3.8, 4) is 5.69 Å². The third-order valence-electron chi connectivity index (χ3n) is 6.39. The fraction of sp³-hybridized carbons (Fsp3) is 0.292. The standard InChI is InChI=1S/C24H24N8OS/c1-15-12-16(2)28-23-18(15)19(30-6-4-5-7-30)20(34-23)24(33)32-10-8-31(9-11-32)22-17-13-27-29(3)21(17)25-14-26-22/h4-7,12-14H,8-11H2,1-3H3. The molecule has 0 N–H and O–H groups in total. The van der Waals surface area contributed by atoms with Crippen LogP contribution in [0.1, 0.15) is 20.9 Å². The van der Waals surface area contributed by atoms with Gasteiger partial charge in [-0.15, -0.1) is 11.3 Å². The minimum atomic E-state index is 0.0533. The number of fused-ring (bicyclic) bond motifs is 2. The first-order valence-corrected chi connectivity index (χ1v) is 12.0. The molecular weight excluding hydrogens is 448 g/mol. The summed E-state index contributed by atoms with van der Waals surface area (Å²) in [4.78, 5) is 33.2. The number of carbonyl (C=O) groups excluding carboxylic acids is 1. The van der Waals surface area contributed by atoms with E-state index in [9.17, 15) is 4.79 Å². The summed E-state index contributed by atoms with van der Waals surface area (Å²) in [6.45, 7) is 6.73. The Hall–Kier alpha value is -3.79. The van der Waals surface area contributed by atoms with E-state index in [1.165, 1.54) is 11.3 Å². The van der Waals surface area contributed by atoms with Gasteiger partial charge in [0.1, 0.15) is 21.9 Å². The lowest BCUT2D eigenvalue weighted by atomic mass is 10.1. The number of carbonyl (C=O) groups is 1. The molecule has 1 fully saturated rings. The van der Waals surface area contributed by atoms with Crippen molar-refractivity contribution in [1.29, 1.82) is 0 Å². The Balaban J connectivity index is 1.32. The highest BCUT2D eigenvalue weighted by Gasteiger charge is 2.29. The van der Waals surface area contributed by atoms with Crippen LogP contribution in [0.25, 0.3) is 26.9 Å². The third-order valence-corrected chi connectivity index (χ3v) is 7.45. The highest BCUT2D eigenvalue weighted by molar-refractivity contribution is 7.21. The van der Waals surface area contributed by atoms with Crippen molar-refractivity contribution in [3.63, 3.8) is 0 Å². The number of rotatable bonds is 3. The van der Waals surface area contributed by atoms with Crippen LogP contribution in [-0.4, -0.2) is 66.3 Å². The number of hydrogen-bond donors (Lipinski definition) is 0. The predicted octanol–water partition coefficient (Wildman–Crippen LogP) is 3.34. The second-order valence-corrected chi connectivity index (χ2v) is 9.61. The third kappa shape index (κ3) is 3.25. The maximum atomic E-state index is 13.8. The van der Waals surface area contributed by atoms with Crippen LogP contribution in [0.5, 0.6) is 0 Å². The zero-order valence-corrected chi connectivity index (χ0v) is 20.1. The molecule has 6 heterocycles. The summed E-state index contributed by atoms with van der Waals surface area (Å²) in [5, 5.41) is 6.30. The predicted molar refractivity (Wildman–Crippen MR) is 133 cm³/mol. The van der Waals surface area contributed by atoms with Crippen LogP contribution < -0.4 is 4.90 Å². The molecule has 0 bridgehead atoms. The van der Waals surface area contributed by atoms with Crippen molar-refractivity contribution in [2.45, 2.75) is 13.8 Å². The van der Waals surface area contributed by atoms with E-state index in [4.69, 9.17) is 4.98 Å². The zero-order valence-electron chi connectivity index (χ0n) is 19.3. The van der Waals surface area contributed by atoms with Gasteiger partial charge < -0.3 is 14.4 Å². The van der Waals surface area contributed by atoms with Crippen LogP contribution in [-0.2, 0) is 7.05 Å². The highest BCUT2D eigenvalue weighted by Crippen LogP contribution is 2.37. The van der Waals surface area contributed by atoms with Crippen LogP contribution in [0.3, 0.4) is 0 Å². The van der Waals surface area contributed by atoms with Crippen molar-refractivity contribution in [3.05, 3.63) is 59.3 Å². The van der Waals surface area contributed by atoms with Crippen LogP contribution in [0, 0.1) is 13.8 Å². The van der Waals surface area contributed by atoms with Gasteiger partial charge in [-0.05, 0) is 37.6 Å². The van der Waals surface area contributed by atoms with Gasteiger partial charge >= 0.3 is 0 Å². The summed E-state index contributed by atoms with van der Waals surface area (Å²) in [5.74, 6) is 0.924. The smallest absolute Gasteiger partial charge is 0.266 e. The molecule has 6 rings (SSSR count). The fourth-order valence-electron chi connectivity index (χ4n) is 4.76. The molecule has 0 spiro atoms. The van der Waals surface area contributed by atoms with Crippen LogP contribution in [0.15, 0.2) is 43.1 Å². The Kier molecular flexibility index (Phi) is 4.84. The molecule has 0 aliphatic carbocycles. The monoisotopic (exact) mass is 472 g/mol. The number of piperazine rings is 1. The summed E-state index contributed by atoms with van der Waals surface area (Å²) in [6.07, 6.45) is 7.36. The number of anilines is 1. The van der Waals surface area contributed by atoms with E-state index in [1.54, 1.807) is 17.2 Å². The Bertz CT molecular complexity index is 1530. The molecule has 10 heteroatoms. The van der Waals surface area contributed by atoms with Gasteiger partial charge in [-0.1, -0.05) is 0 Å². The van der Waals surface area contributed by atoms with Gasteiger partial charge in [0.2, 0.25) is 0 Å². The number of pyridine rings is 1. The van der Waals surface area contributed by atoms with Gasteiger partial charge in [-0.2, -0.15) is 5.10 Å². The average molecular weight is 473 g/mol. The SMILES string of the molecule is Cc1cc(C)c2c(-n3cccc3)c(C(=O)N3CCN(c4ncnc5c4cnn5C)CC3)sc2n1. The minimum Gasteiger partial charge on any atom is -0.352 e. The van der Waals surface area contributed by atoms with E-state index < -0.39 is 0 Å². The fourth-order valence-corrected chi connectivity index (χ4v) is 6.03. The van der Waals surface area contributed by atoms with E-state index in [0.29, 0.717) is 26.2 Å². The topological polar surface area (TPSA) is 85.0 Å². The summed E-state index contributed by atoms with van der Waals surface area (Å²) in [7, 11) is 1.88. The van der Waals surface area contributed by atoms with E-state index in [-0.39, 0.29) is 5.91 Å². The number of hydrogen-bond acceptors (Lipinski definition) is 7. The van der Waals surface area contributed by atoms with Crippen molar-refractivity contribution in [1.82, 2.24) is 34.2 Å². The lowest BCUT2D eigenvalue weighted by Crippen LogP contribution is -2.49. The van der Waals surface area contributed by atoms with Gasteiger partial charge in [0.25, 0.3) is 5.91 Å². The molecule has 5 aromatic rings. The van der Waals surface area contributed by atoms with Crippen molar-refractivity contribution in [2.24, 2.45) is 7.05 Å². The number of nitrogens with zero attached hydrogens (tertiary/aromatic N) is 8.